The Bertz CT molecular complexity index is 4390. The van der Waals surface area contributed by atoms with E-state index >= 15 is 0 Å². The Kier molecular flexibility index (Phi) is 9.89. The number of para-hydroxylation sites is 1. The van der Waals surface area contributed by atoms with Crippen molar-refractivity contribution in [3.05, 3.63) is 273 Å². The van der Waals surface area contributed by atoms with Crippen LogP contribution in [0.25, 0.3) is 121 Å². The Morgan fingerprint density at radius 3 is 1.54 bits per heavy atom. The first-order valence-electron chi connectivity index (χ1n) is 24.7. The van der Waals surface area contributed by atoms with Crippen LogP contribution in [0.15, 0.2) is 277 Å². The highest BCUT2D eigenvalue weighted by molar-refractivity contribution is 6.23. The van der Waals surface area contributed by atoms with Crippen LogP contribution in [0.1, 0.15) is 0 Å². The first-order chi connectivity index (χ1) is 35.7. The number of hydrogen-bond acceptors (Lipinski definition) is 2. The molecule has 0 spiro atoms. The molecule has 13 aromatic carbocycles. The van der Waals surface area contributed by atoms with E-state index in [1.807, 2.05) is 0 Å². The van der Waals surface area contributed by atoms with Crippen molar-refractivity contribution in [2.45, 2.75) is 0 Å². The molecule has 72 heavy (non-hydrogen) atoms. The van der Waals surface area contributed by atoms with Crippen LogP contribution >= 0.6 is 0 Å². The molecule has 1 heterocycles. The minimum atomic E-state index is 0.870. The Labute approximate surface area is 417 Å². The largest absolute Gasteiger partial charge is 0.455 e. The maximum Gasteiger partial charge on any atom is 0.143 e. The molecule has 0 saturated heterocycles. The van der Waals surface area contributed by atoms with Gasteiger partial charge in [0.05, 0.1) is 5.69 Å². The van der Waals surface area contributed by atoms with Crippen LogP contribution in [0, 0.1) is 0 Å². The summed E-state index contributed by atoms with van der Waals surface area (Å²) in [5, 5.41) is 11.9. The van der Waals surface area contributed by atoms with Crippen LogP contribution in [-0.4, -0.2) is 0 Å². The fourth-order valence-electron chi connectivity index (χ4n) is 11.4. The highest BCUT2D eigenvalue weighted by atomic mass is 16.3. The molecule has 14 rings (SSSR count). The van der Waals surface area contributed by atoms with Gasteiger partial charge in [0.2, 0.25) is 0 Å². The normalized spacial score (nSPS) is 11.6. The lowest BCUT2D eigenvalue weighted by atomic mass is 9.84. The average molecular weight is 916 g/mol. The summed E-state index contributed by atoms with van der Waals surface area (Å²) >= 11 is 0. The lowest BCUT2D eigenvalue weighted by Crippen LogP contribution is -2.11. The van der Waals surface area contributed by atoms with Crippen LogP contribution in [0.4, 0.5) is 17.1 Å². The second kappa shape index (κ2) is 17.2. The number of anilines is 3. The molecule has 14 aromatic rings. The monoisotopic (exact) mass is 915 g/mol. The molecule has 0 aliphatic rings. The summed E-state index contributed by atoms with van der Waals surface area (Å²) in [6.45, 7) is 0. The topological polar surface area (TPSA) is 16.4 Å². The van der Waals surface area contributed by atoms with E-state index in [0.29, 0.717) is 0 Å². The number of rotatable bonds is 8. The van der Waals surface area contributed by atoms with Crippen LogP contribution in [0.5, 0.6) is 0 Å². The summed E-state index contributed by atoms with van der Waals surface area (Å²) < 4.78 is 6.77. The molecule has 0 radical (unpaired) electrons. The molecule has 336 valence electrons. The third-order valence-corrected chi connectivity index (χ3v) is 14.6. The highest BCUT2D eigenvalue weighted by Crippen LogP contribution is 2.49. The fourth-order valence-corrected chi connectivity index (χ4v) is 11.4. The lowest BCUT2D eigenvalue weighted by molar-refractivity contribution is 0.673. The molecule has 2 heteroatoms. The molecule has 0 aliphatic carbocycles. The van der Waals surface area contributed by atoms with Crippen molar-refractivity contribution < 1.29 is 4.42 Å². The Balaban J connectivity index is 0.996. The van der Waals surface area contributed by atoms with Gasteiger partial charge in [-0.2, -0.15) is 0 Å². The predicted octanol–water partition coefficient (Wildman–Crippen LogP) is 20.0. The zero-order valence-corrected chi connectivity index (χ0v) is 39.3. The van der Waals surface area contributed by atoms with Crippen molar-refractivity contribution in [3.8, 4) is 55.6 Å². The second-order valence-electron chi connectivity index (χ2n) is 18.7. The number of benzene rings is 13. The van der Waals surface area contributed by atoms with E-state index in [0.717, 1.165) is 77.6 Å². The van der Waals surface area contributed by atoms with Gasteiger partial charge in [-0.25, -0.2) is 0 Å². The lowest BCUT2D eigenvalue weighted by Gasteiger charge is -2.29. The summed E-state index contributed by atoms with van der Waals surface area (Å²) in [6, 6.07) is 99.4. The summed E-state index contributed by atoms with van der Waals surface area (Å²) in [7, 11) is 0. The van der Waals surface area contributed by atoms with Gasteiger partial charge >= 0.3 is 0 Å². The minimum Gasteiger partial charge on any atom is -0.455 e. The van der Waals surface area contributed by atoms with Gasteiger partial charge in [0.1, 0.15) is 11.2 Å². The highest BCUT2D eigenvalue weighted by Gasteiger charge is 2.23. The van der Waals surface area contributed by atoms with E-state index in [1.54, 1.807) is 0 Å². The van der Waals surface area contributed by atoms with E-state index in [1.165, 1.54) is 60.1 Å². The molecule has 0 aliphatic heterocycles. The number of hydrogen-bond donors (Lipinski definition) is 0. The Hall–Kier alpha value is -9.50. The first kappa shape index (κ1) is 41.5. The molecule has 2 nitrogen and oxygen atoms in total. The van der Waals surface area contributed by atoms with Crippen molar-refractivity contribution in [1.82, 2.24) is 0 Å². The molecule has 0 atom stereocenters. The molecule has 0 N–H and O–H groups in total. The maximum atomic E-state index is 6.77. The summed E-state index contributed by atoms with van der Waals surface area (Å²) in [5.74, 6) is 0. The Morgan fingerprint density at radius 2 is 0.764 bits per heavy atom. The number of furan rings is 1. The van der Waals surface area contributed by atoms with Gasteiger partial charge in [-0.05, 0) is 136 Å². The molecule has 0 fully saturated rings. The number of fused-ring (bicyclic) bond motifs is 9. The molecular formula is C70H45NO. The third-order valence-electron chi connectivity index (χ3n) is 14.6. The SMILES string of the molecule is c1ccc(-c2c(-c3ccccc3)c3cc(-c4cccc(N(c5cccc(-c6cccc7ccccc67)c5)c5ccccc5-c5cccc6oc7c8ccccc8ccc7c56)c4)ccc3c3ccccc23)cc1. The van der Waals surface area contributed by atoms with E-state index in [-0.39, 0.29) is 0 Å². The van der Waals surface area contributed by atoms with E-state index < -0.39 is 0 Å². The molecule has 0 amide bonds. The zero-order valence-electron chi connectivity index (χ0n) is 39.3. The van der Waals surface area contributed by atoms with Crippen molar-refractivity contribution >= 4 is 82.1 Å². The quantitative estimate of drug-likeness (QED) is 0.141. The summed E-state index contributed by atoms with van der Waals surface area (Å²) in [5.41, 5.74) is 16.7. The van der Waals surface area contributed by atoms with Crippen LogP contribution in [0.2, 0.25) is 0 Å². The van der Waals surface area contributed by atoms with Crippen molar-refractivity contribution in [1.29, 1.82) is 0 Å². The smallest absolute Gasteiger partial charge is 0.143 e. The van der Waals surface area contributed by atoms with Crippen molar-refractivity contribution in [3.63, 3.8) is 0 Å². The van der Waals surface area contributed by atoms with Crippen molar-refractivity contribution in [2.24, 2.45) is 0 Å². The third kappa shape index (κ3) is 6.88. The average Bonchev–Trinajstić information content (AvgIpc) is 3.85. The maximum absolute atomic E-state index is 6.77. The minimum absolute atomic E-state index is 0.870. The molecule has 1 aromatic heterocycles. The van der Waals surface area contributed by atoms with Crippen LogP contribution in [0.3, 0.4) is 0 Å². The number of nitrogens with zero attached hydrogens (tertiary/aromatic N) is 1. The predicted molar refractivity (Wildman–Crippen MR) is 306 cm³/mol. The van der Waals surface area contributed by atoms with Crippen LogP contribution in [-0.2, 0) is 0 Å². The van der Waals surface area contributed by atoms with Gasteiger partial charge < -0.3 is 9.32 Å². The Morgan fingerprint density at radius 1 is 0.264 bits per heavy atom. The van der Waals surface area contributed by atoms with E-state index in [9.17, 15) is 0 Å². The zero-order chi connectivity index (χ0) is 47.5. The molecular weight excluding hydrogens is 871 g/mol. The van der Waals surface area contributed by atoms with Gasteiger partial charge in [-0.3, -0.25) is 0 Å². The van der Waals surface area contributed by atoms with Gasteiger partial charge in [-0.1, -0.05) is 224 Å². The fraction of sp³-hybridized carbons (Fsp3) is 0. The molecule has 0 bridgehead atoms. The van der Waals surface area contributed by atoms with Crippen LogP contribution < -0.4 is 4.90 Å². The van der Waals surface area contributed by atoms with Crippen molar-refractivity contribution in [2.75, 3.05) is 4.90 Å². The molecule has 0 unspecified atom stereocenters. The summed E-state index contributed by atoms with van der Waals surface area (Å²) in [6.07, 6.45) is 0. The van der Waals surface area contributed by atoms with Gasteiger partial charge in [-0.15, -0.1) is 0 Å². The second-order valence-corrected chi connectivity index (χ2v) is 18.7. The van der Waals surface area contributed by atoms with E-state index in [2.05, 4.69) is 278 Å². The molecule has 0 saturated carbocycles. The first-order valence-corrected chi connectivity index (χ1v) is 24.7. The summed E-state index contributed by atoms with van der Waals surface area (Å²) in [4.78, 5) is 2.45. The van der Waals surface area contributed by atoms with Gasteiger partial charge in [0.25, 0.3) is 0 Å². The van der Waals surface area contributed by atoms with Gasteiger partial charge in [0, 0.05) is 33.1 Å². The standard InChI is InChI=1S/C70H45NO/c1-3-21-48(22-4-1)67-61-34-12-11-32-58(61)59-41-40-51(45-64(59)68(67)49-23-5-2-6-24-49)50-26-15-28-53(43-50)71(54-29-16-27-52(44-54)56-35-17-25-46-19-7-9-30-55(46)56)65-37-14-13-33-60(65)62-36-18-38-66-69(62)63-42-39-47-20-8-10-31-57(47)70(63)72-66/h1-45H. The van der Waals surface area contributed by atoms with E-state index in [4.69, 9.17) is 4.42 Å². The van der Waals surface area contributed by atoms with Gasteiger partial charge in [0.15, 0.2) is 0 Å².